The monoisotopic (exact) mass is 250 g/mol. The number of methoxy groups -OCH3 is 1. The third-order valence-corrected chi connectivity index (χ3v) is 2.30. The first-order chi connectivity index (χ1) is 8.19. The molecule has 0 saturated carbocycles. The Bertz CT molecular complexity index is 532. The van der Waals surface area contributed by atoms with Gasteiger partial charge in [-0.15, -0.1) is 0 Å². The predicted octanol–water partition coefficient (Wildman–Crippen LogP) is 3.24. The largest absolute Gasteiger partial charge is 0.493 e. The van der Waals surface area contributed by atoms with Crippen LogP contribution in [0.3, 0.4) is 0 Å². The molecule has 0 aliphatic heterocycles. The van der Waals surface area contributed by atoms with E-state index in [0.29, 0.717) is 17.4 Å². The molecule has 0 atom stereocenters. The number of ether oxygens (including phenoxy) is 2. The SMILES string of the molecule is COc1cc(C)ccc1Oc1cncc(Cl)n1. The van der Waals surface area contributed by atoms with Crippen LogP contribution in [0.2, 0.25) is 5.15 Å². The number of aromatic nitrogens is 2. The van der Waals surface area contributed by atoms with Gasteiger partial charge in [0.05, 0.1) is 19.5 Å². The van der Waals surface area contributed by atoms with Crippen molar-refractivity contribution in [3.05, 3.63) is 41.3 Å². The average Bonchev–Trinajstić information content (AvgIpc) is 2.31. The summed E-state index contributed by atoms with van der Waals surface area (Å²) in [5.74, 6) is 1.56. The number of hydrogen-bond donors (Lipinski definition) is 0. The molecule has 0 aliphatic rings. The summed E-state index contributed by atoms with van der Waals surface area (Å²) >= 11 is 5.73. The van der Waals surface area contributed by atoms with Gasteiger partial charge in [0.2, 0.25) is 5.88 Å². The highest BCUT2D eigenvalue weighted by molar-refractivity contribution is 6.29. The summed E-state index contributed by atoms with van der Waals surface area (Å²) in [4.78, 5) is 7.88. The molecule has 1 aromatic carbocycles. The Kier molecular flexibility index (Phi) is 3.44. The van der Waals surface area contributed by atoms with E-state index >= 15 is 0 Å². The highest BCUT2D eigenvalue weighted by Gasteiger charge is 2.07. The molecular weight excluding hydrogens is 240 g/mol. The van der Waals surface area contributed by atoms with Crippen LogP contribution >= 0.6 is 11.6 Å². The van der Waals surface area contributed by atoms with E-state index in [4.69, 9.17) is 21.1 Å². The molecule has 5 heteroatoms. The molecule has 1 heterocycles. The van der Waals surface area contributed by atoms with Crippen LogP contribution in [0, 0.1) is 6.92 Å². The molecule has 0 spiro atoms. The maximum Gasteiger partial charge on any atom is 0.239 e. The van der Waals surface area contributed by atoms with Crippen molar-refractivity contribution in [3.8, 4) is 17.4 Å². The van der Waals surface area contributed by atoms with Crippen molar-refractivity contribution >= 4 is 11.6 Å². The quantitative estimate of drug-likeness (QED) is 0.839. The van der Waals surface area contributed by atoms with Crippen molar-refractivity contribution in [2.24, 2.45) is 0 Å². The van der Waals surface area contributed by atoms with Crippen molar-refractivity contribution in [3.63, 3.8) is 0 Å². The molecule has 4 nitrogen and oxygen atoms in total. The minimum absolute atomic E-state index is 0.286. The third kappa shape index (κ3) is 2.85. The summed E-state index contributed by atoms with van der Waals surface area (Å²) in [6.45, 7) is 1.98. The van der Waals surface area contributed by atoms with Crippen LogP contribution in [-0.4, -0.2) is 17.1 Å². The summed E-state index contributed by atoms with van der Waals surface area (Å²) in [5.41, 5.74) is 1.09. The predicted molar refractivity (Wildman–Crippen MR) is 64.8 cm³/mol. The van der Waals surface area contributed by atoms with E-state index in [9.17, 15) is 0 Å². The lowest BCUT2D eigenvalue weighted by atomic mass is 10.2. The Morgan fingerprint density at radius 3 is 2.71 bits per heavy atom. The van der Waals surface area contributed by atoms with E-state index in [0.717, 1.165) is 5.56 Å². The van der Waals surface area contributed by atoms with E-state index in [1.54, 1.807) is 7.11 Å². The number of halogens is 1. The lowest BCUT2D eigenvalue weighted by Gasteiger charge is -2.09. The van der Waals surface area contributed by atoms with Gasteiger partial charge >= 0.3 is 0 Å². The lowest BCUT2D eigenvalue weighted by molar-refractivity contribution is 0.373. The highest BCUT2D eigenvalue weighted by atomic mass is 35.5. The molecule has 0 unspecified atom stereocenters. The molecule has 17 heavy (non-hydrogen) atoms. The molecule has 0 aliphatic carbocycles. The van der Waals surface area contributed by atoms with Crippen LogP contribution in [0.25, 0.3) is 0 Å². The first-order valence-corrected chi connectivity index (χ1v) is 5.37. The maximum absolute atomic E-state index is 5.73. The van der Waals surface area contributed by atoms with Gasteiger partial charge in [-0.2, -0.15) is 4.98 Å². The van der Waals surface area contributed by atoms with Gasteiger partial charge in [0.15, 0.2) is 16.7 Å². The molecule has 88 valence electrons. The maximum atomic E-state index is 5.73. The molecule has 0 saturated heterocycles. The molecule has 1 aromatic heterocycles. The van der Waals surface area contributed by atoms with Gasteiger partial charge < -0.3 is 9.47 Å². The van der Waals surface area contributed by atoms with Gasteiger partial charge in [-0.3, -0.25) is 4.98 Å². The van der Waals surface area contributed by atoms with Gasteiger partial charge in [-0.25, -0.2) is 0 Å². The number of rotatable bonds is 3. The molecule has 0 bridgehead atoms. The Labute approximate surface area is 104 Å². The zero-order valence-corrected chi connectivity index (χ0v) is 10.2. The van der Waals surface area contributed by atoms with Gasteiger partial charge in [-0.1, -0.05) is 17.7 Å². The number of hydrogen-bond acceptors (Lipinski definition) is 4. The van der Waals surface area contributed by atoms with Crippen molar-refractivity contribution in [1.29, 1.82) is 0 Å². The lowest BCUT2D eigenvalue weighted by Crippen LogP contribution is -1.93. The zero-order chi connectivity index (χ0) is 12.3. The highest BCUT2D eigenvalue weighted by Crippen LogP contribution is 2.31. The second-order valence-electron chi connectivity index (χ2n) is 3.44. The summed E-state index contributed by atoms with van der Waals surface area (Å²) in [5, 5.41) is 0.286. The first-order valence-electron chi connectivity index (χ1n) is 4.99. The molecule has 2 rings (SSSR count). The summed E-state index contributed by atoms with van der Waals surface area (Å²) in [6.07, 6.45) is 2.94. The Balaban J connectivity index is 2.29. The minimum atomic E-state index is 0.286. The van der Waals surface area contributed by atoms with Gasteiger partial charge in [0.1, 0.15) is 0 Å². The first kappa shape index (κ1) is 11.7. The normalized spacial score (nSPS) is 10.1. The van der Waals surface area contributed by atoms with Gasteiger partial charge in [0, 0.05) is 0 Å². The smallest absolute Gasteiger partial charge is 0.239 e. The van der Waals surface area contributed by atoms with E-state index in [1.807, 2.05) is 25.1 Å². The molecule has 0 radical (unpaired) electrons. The zero-order valence-electron chi connectivity index (χ0n) is 9.48. The fourth-order valence-corrected chi connectivity index (χ4v) is 1.49. The standard InChI is InChI=1S/C12H11ClN2O2/c1-8-3-4-9(10(5-8)16-2)17-12-7-14-6-11(13)15-12/h3-7H,1-2H3. The summed E-state index contributed by atoms with van der Waals surface area (Å²) < 4.78 is 10.8. The van der Waals surface area contributed by atoms with Crippen molar-refractivity contribution < 1.29 is 9.47 Å². The van der Waals surface area contributed by atoms with Crippen LogP contribution in [0.5, 0.6) is 17.4 Å². The molecule has 0 fully saturated rings. The number of benzene rings is 1. The Hall–Kier alpha value is -1.81. The van der Waals surface area contributed by atoms with Crippen LogP contribution in [0.4, 0.5) is 0 Å². The average molecular weight is 251 g/mol. The molecule has 0 N–H and O–H groups in total. The van der Waals surface area contributed by atoms with Gasteiger partial charge in [0.25, 0.3) is 0 Å². The van der Waals surface area contributed by atoms with E-state index in [2.05, 4.69) is 9.97 Å². The van der Waals surface area contributed by atoms with E-state index in [-0.39, 0.29) is 5.15 Å². The fraction of sp³-hybridized carbons (Fsp3) is 0.167. The van der Waals surface area contributed by atoms with Crippen LogP contribution in [0.15, 0.2) is 30.6 Å². The van der Waals surface area contributed by atoms with Crippen molar-refractivity contribution in [1.82, 2.24) is 9.97 Å². The Morgan fingerprint density at radius 1 is 1.18 bits per heavy atom. The van der Waals surface area contributed by atoms with Crippen LogP contribution in [0.1, 0.15) is 5.56 Å². The van der Waals surface area contributed by atoms with Crippen molar-refractivity contribution in [2.45, 2.75) is 6.92 Å². The van der Waals surface area contributed by atoms with E-state index < -0.39 is 0 Å². The summed E-state index contributed by atoms with van der Waals surface area (Å²) in [6, 6.07) is 5.62. The van der Waals surface area contributed by atoms with Crippen molar-refractivity contribution in [2.75, 3.05) is 7.11 Å². The number of nitrogens with zero attached hydrogens (tertiary/aromatic N) is 2. The number of aryl methyl sites for hydroxylation is 1. The second kappa shape index (κ2) is 5.01. The van der Waals surface area contributed by atoms with Crippen LogP contribution < -0.4 is 9.47 Å². The van der Waals surface area contributed by atoms with Gasteiger partial charge in [-0.05, 0) is 24.6 Å². The van der Waals surface area contributed by atoms with E-state index in [1.165, 1.54) is 12.4 Å². The molecule has 0 amide bonds. The summed E-state index contributed by atoms with van der Waals surface area (Å²) in [7, 11) is 1.59. The topological polar surface area (TPSA) is 44.2 Å². The fourth-order valence-electron chi connectivity index (χ4n) is 1.35. The van der Waals surface area contributed by atoms with Crippen LogP contribution in [-0.2, 0) is 0 Å². The third-order valence-electron chi connectivity index (χ3n) is 2.12. The Morgan fingerprint density at radius 2 is 2.00 bits per heavy atom. The molecular formula is C12H11ClN2O2. The minimum Gasteiger partial charge on any atom is -0.493 e. The molecule has 2 aromatic rings. The second-order valence-corrected chi connectivity index (χ2v) is 3.82.